The SMILES string of the molecule is C[C@@H]1CCC[C@@H](C)N1C(=O)CSc1nnc(-c2ccco2)n1-c1ccccc1Cl. The number of nitrogens with zero attached hydrogens (tertiary/aromatic N) is 4. The fraction of sp³-hybridized carbons (Fsp3) is 0.381. The molecule has 1 fully saturated rings. The van der Waals surface area contributed by atoms with E-state index in [4.69, 9.17) is 16.0 Å². The first-order chi connectivity index (χ1) is 14.1. The van der Waals surface area contributed by atoms with Gasteiger partial charge in [0.25, 0.3) is 0 Å². The van der Waals surface area contributed by atoms with Gasteiger partial charge in [0.15, 0.2) is 10.9 Å². The number of piperidine rings is 1. The first-order valence-electron chi connectivity index (χ1n) is 9.74. The van der Waals surface area contributed by atoms with Crippen LogP contribution in [0.4, 0.5) is 0 Å². The largest absolute Gasteiger partial charge is 0.461 e. The van der Waals surface area contributed by atoms with Crippen LogP contribution < -0.4 is 0 Å². The van der Waals surface area contributed by atoms with E-state index in [0.29, 0.717) is 27.5 Å². The Morgan fingerprint density at radius 3 is 2.62 bits per heavy atom. The number of hydrogen-bond acceptors (Lipinski definition) is 5. The summed E-state index contributed by atoms with van der Waals surface area (Å²) in [5.74, 6) is 1.57. The first kappa shape index (κ1) is 20.0. The van der Waals surface area contributed by atoms with Crippen LogP contribution >= 0.6 is 23.4 Å². The van der Waals surface area contributed by atoms with E-state index in [0.717, 1.165) is 18.5 Å². The van der Waals surface area contributed by atoms with E-state index in [-0.39, 0.29) is 18.0 Å². The molecule has 0 unspecified atom stereocenters. The Balaban J connectivity index is 1.63. The number of halogens is 1. The molecule has 152 valence electrons. The topological polar surface area (TPSA) is 64.2 Å². The summed E-state index contributed by atoms with van der Waals surface area (Å²) in [5.41, 5.74) is 0.750. The van der Waals surface area contributed by atoms with Crippen LogP contribution in [0.15, 0.2) is 52.2 Å². The molecule has 29 heavy (non-hydrogen) atoms. The number of furan rings is 1. The van der Waals surface area contributed by atoms with E-state index in [9.17, 15) is 4.79 Å². The molecule has 0 N–H and O–H groups in total. The number of thioether (sulfide) groups is 1. The second-order valence-electron chi connectivity index (χ2n) is 7.29. The van der Waals surface area contributed by atoms with Gasteiger partial charge in [-0.15, -0.1) is 10.2 Å². The van der Waals surface area contributed by atoms with Crippen molar-refractivity contribution in [1.82, 2.24) is 19.7 Å². The maximum Gasteiger partial charge on any atom is 0.233 e. The number of rotatable bonds is 5. The second kappa shape index (κ2) is 8.63. The number of hydrogen-bond donors (Lipinski definition) is 0. The number of carbonyl (C=O) groups excluding carboxylic acids is 1. The zero-order valence-corrected chi connectivity index (χ0v) is 18.0. The van der Waals surface area contributed by atoms with Crippen molar-refractivity contribution in [2.24, 2.45) is 0 Å². The minimum absolute atomic E-state index is 0.128. The molecule has 0 bridgehead atoms. The number of likely N-dealkylation sites (tertiary alicyclic amines) is 1. The molecule has 2 aromatic heterocycles. The van der Waals surface area contributed by atoms with Crippen LogP contribution in [0, 0.1) is 0 Å². The standard InChI is InChI=1S/C21H23ClN4O2S/c1-14-7-5-8-15(2)25(14)19(27)13-29-21-24-23-20(18-11-6-12-28-18)26(21)17-10-4-3-9-16(17)22/h3-4,6,9-12,14-15H,5,7-8,13H2,1-2H3/t14-,15-/m1/s1. The van der Waals surface area contributed by atoms with Gasteiger partial charge in [-0.05, 0) is 57.4 Å². The van der Waals surface area contributed by atoms with Gasteiger partial charge in [-0.25, -0.2) is 0 Å². The average Bonchev–Trinajstić information content (AvgIpc) is 3.36. The van der Waals surface area contributed by atoms with Gasteiger partial charge in [0.05, 0.1) is 22.7 Å². The normalized spacial score (nSPS) is 19.5. The Hall–Kier alpha value is -2.25. The first-order valence-corrected chi connectivity index (χ1v) is 11.1. The lowest BCUT2D eigenvalue weighted by Gasteiger charge is -2.39. The third kappa shape index (κ3) is 4.07. The molecule has 0 spiro atoms. The van der Waals surface area contributed by atoms with Crippen LogP contribution in [-0.4, -0.2) is 43.4 Å². The van der Waals surface area contributed by atoms with Crippen LogP contribution in [0.3, 0.4) is 0 Å². The highest BCUT2D eigenvalue weighted by Crippen LogP contribution is 2.32. The van der Waals surface area contributed by atoms with Gasteiger partial charge in [0, 0.05) is 12.1 Å². The fourth-order valence-electron chi connectivity index (χ4n) is 3.89. The van der Waals surface area contributed by atoms with Gasteiger partial charge in [-0.1, -0.05) is 35.5 Å². The van der Waals surface area contributed by atoms with Crippen molar-refractivity contribution < 1.29 is 9.21 Å². The number of carbonyl (C=O) groups is 1. The summed E-state index contributed by atoms with van der Waals surface area (Å²) in [7, 11) is 0. The molecule has 1 saturated heterocycles. The Morgan fingerprint density at radius 1 is 1.17 bits per heavy atom. The van der Waals surface area contributed by atoms with E-state index in [1.165, 1.54) is 18.2 Å². The van der Waals surface area contributed by atoms with Gasteiger partial charge in [0.1, 0.15) is 0 Å². The van der Waals surface area contributed by atoms with Gasteiger partial charge < -0.3 is 9.32 Å². The Morgan fingerprint density at radius 2 is 1.93 bits per heavy atom. The third-order valence-corrected chi connectivity index (χ3v) is 6.51. The summed E-state index contributed by atoms with van der Waals surface area (Å²) < 4.78 is 7.38. The van der Waals surface area contributed by atoms with Crippen molar-refractivity contribution in [3.05, 3.63) is 47.7 Å². The van der Waals surface area contributed by atoms with E-state index in [1.807, 2.05) is 39.8 Å². The molecule has 0 aliphatic carbocycles. The van der Waals surface area contributed by atoms with E-state index >= 15 is 0 Å². The number of para-hydroxylation sites is 1. The minimum Gasteiger partial charge on any atom is -0.461 e. The Bertz CT molecular complexity index is 978. The van der Waals surface area contributed by atoms with Crippen LogP contribution in [-0.2, 0) is 4.79 Å². The van der Waals surface area contributed by atoms with Crippen LogP contribution in [0.25, 0.3) is 17.3 Å². The van der Waals surface area contributed by atoms with Crippen LogP contribution in [0.5, 0.6) is 0 Å². The van der Waals surface area contributed by atoms with Gasteiger partial charge in [-0.2, -0.15) is 0 Å². The molecular formula is C21H23ClN4O2S. The lowest BCUT2D eigenvalue weighted by Crippen LogP contribution is -2.48. The number of amides is 1. The van der Waals surface area contributed by atoms with Crippen molar-refractivity contribution in [3.63, 3.8) is 0 Å². The highest BCUT2D eigenvalue weighted by molar-refractivity contribution is 7.99. The minimum atomic E-state index is 0.128. The van der Waals surface area contributed by atoms with Gasteiger partial charge in [-0.3, -0.25) is 9.36 Å². The maximum absolute atomic E-state index is 12.9. The zero-order valence-electron chi connectivity index (χ0n) is 16.4. The maximum atomic E-state index is 12.9. The van der Waals surface area contributed by atoms with Gasteiger partial charge >= 0.3 is 0 Å². The molecular weight excluding hydrogens is 408 g/mol. The zero-order chi connectivity index (χ0) is 20.4. The average molecular weight is 431 g/mol. The monoisotopic (exact) mass is 430 g/mol. The molecule has 0 radical (unpaired) electrons. The molecule has 1 amide bonds. The molecule has 1 aliphatic rings. The van der Waals surface area contributed by atoms with Crippen molar-refractivity contribution in [1.29, 1.82) is 0 Å². The summed E-state index contributed by atoms with van der Waals surface area (Å²) in [6.07, 6.45) is 4.88. The van der Waals surface area contributed by atoms with E-state index in [1.54, 1.807) is 12.3 Å². The number of benzene rings is 1. The smallest absolute Gasteiger partial charge is 0.233 e. The fourth-order valence-corrected chi connectivity index (χ4v) is 4.93. The predicted molar refractivity (Wildman–Crippen MR) is 114 cm³/mol. The lowest BCUT2D eigenvalue weighted by atomic mass is 9.98. The summed E-state index contributed by atoms with van der Waals surface area (Å²) >= 11 is 7.82. The molecule has 8 heteroatoms. The van der Waals surface area contributed by atoms with Crippen molar-refractivity contribution >= 4 is 29.3 Å². The molecule has 3 aromatic rings. The summed E-state index contributed by atoms with van der Waals surface area (Å²) in [5, 5.41) is 9.82. The highest BCUT2D eigenvalue weighted by Gasteiger charge is 2.29. The van der Waals surface area contributed by atoms with Crippen LogP contribution in [0.1, 0.15) is 33.1 Å². The lowest BCUT2D eigenvalue weighted by molar-refractivity contribution is -0.134. The van der Waals surface area contributed by atoms with E-state index in [2.05, 4.69) is 24.0 Å². The van der Waals surface area contributed by atoms with Crippen molar-refractivity contribution in [2.45, 2.75) is 50.4 Å². The number of aromatic nitrogens is 3. The van der Waals surface area contributed by atoms with Gasteiger partial charge in [0.2, 0.25) is 11.7 Å². The third-order valence-electron chi connectivity index (χ3n) is 5.27. The highest BCUT2D eigenvalue weighted by atomic mass is 35.5. The quantitative estimate of drug-likeness (QED) is 0.529. The van der Waals surface area contributed by atoms with Crippen LogP contribution in [0.2, 0.25) is 5.02 Å². The second-order valence-corrected chi connectivity index (χ2v) is 8.64. The molecule has 2 atom stereocenters. The van der Waals surface area contributed by atoms with E-state index < -0.39 is 0 Å². The molecule has 6 nitrogen and oxygen atoms in total. The van der Waals surface area contributed by atoms with Crippen molar-refractivity contribution in [3.8, 4) is 17.3 Å². The summed E-state index contributed by atoms with van der Waals surface area (Å²) in [6.45, 7) is 4.25. The van der Waals surface area contributed by atoms with Crippen molar-refractivity contribution in [2.75, 3.05) is 5.75 Å². The molecule has 4 rings (SSSR count). The summed E-state index contributed by atoms with van der Waals surface area (Å²) in [4.78, 5) is 15.0. The Labute approximate surface area is 179 Å². The molecule has 1 aliphatic heterocycles. The Kier molecular flexibility index (Phi) is 5.96. The predicted octanol–water partition coefficient (Wildman–Crippen LogP) is 5.06. The molecule has 0 saturated carbocycles. The summed E-state index contributed by atoms with van der Waals surface area (Å²) in [6, 6.07) is 11.7. The molecule has 3 heterocycles. The molecule has 1 aromatic carbocycles.